The molecule has 2 N–H and O–H groups in total. The highest BCUT2D eigenvalue weighted by molar-refractivity contribution is 5.80. The minimum absolute atomic E-state index is 0.497. The summed E-state index contributed by atoms with van der Waals surface area (Å²) >= 11 is 0. The quantitative estimate of drug-likeness (QED) is 0.470. The second-order valence-corrected chi connectivity index (χ2v) is 4.40. The molecule has 1 aromatic rings. The zero-order chi connectivity index (χ0) is 12.1. The summed E-state index contributed by atoms with van der Waals surface area (Å²) in [6, 6.07) is 2.61. The number of rotatable bonds is 3. The number of hydrogen-bond acceptors (Lipinski definition) is 1. The first-order valence-corrected chi connectivity index (χ1v) is 6.01. The van der Waals surface area contributed by atoms with Crippen molar-refractivity contribution in [1.29, 1.82) is 0 Å². The summed E-state index contributed by atoms with van der Waals surface area (Å²) in [5.74, 6) is 0.877. The van der Waals surface area contributed by atoms with Crippen molar-refractivity contribution < 1.29 is 0 Å². The molecule has 1 aromatic heterocycles. The molecule has 0 aliphatic heterocycles. The van der Waals surface area contributed by atoms with Crippen molar-refractivity contribution >= 4 is 5.96 Å². The summed E-state index contributed by atoms with van der Waals surface area (Å²) < 4.78 is 2.05. The van der Waals surface area contributed by atoms with Crippen LogP contribution >= 0.6 is 0 Å². The number of aliphatic imine (C=N–C) groups is 1. The highest BCUT2D eigenvalue weighted by atomic mass is 15.2. The fourth-order valence-corrected chi connectivity index (χ4v) is 1.97. The van der Waals surface area contributed by atoms with Crippen LogP contribution in [0.3, 0.4) is 0 Å². The number of aromatic nitrogens is 1. The predicted octanol–water partition coefficient (Wildman–Crippen LogP) is 1.41. The summed E-state index contributed by atoms with van der Waals surface area (Å²) in [5, 5.41) is 6.74. The Bertz CT molecular complexity index is 409. The van der Waals surface area contributed by atoms with Crippen molar-refractivity contribution in [3.63, 3.8) is 0 Å². The smallest absolute Gasteiger partial charge is 0.191 e. The molecule has 0 spiro atoms. The number of nitrogens with zero attached hydrogens (tertiary/aromatic N) is 2. The standard InChI is InChI=1S/C13H20N4/c1-14-13(16-12-5-3-4-6-12)15-9-11-7-8-17(2)10-11/h3-4,7-8,10,12H,5-6,9H2,1-2H3,(H2,14,15,16). The van der Waals surface area contributed by atoms with Gasteiger partial charge in [0.15, 0.2) is 5.96 Å². The summed E-state index contributed by atoms with van der Waals surface area (Å²) in [7, 11) is 3.84. The van der Waals surface area contributed by atoms with Gasteiger partial charge in [-0.05, 0) is 24.5 Å². The topological polar surface area (TPSA) is 41.4 Å². The van der Waals surface area contributed by atoms with Crippen LogP contribution in [0.25, 0.3) is 0 Å². The summed E-state index contributed by atoms with van der Waals surface area (Å²) in [6.07, 6.45) is 10.8. The highest BCUT2D eigenvalue weighted by Crippen LogP contribution is 2.08. The second-order valence-electron chi connectivity index (χ2n) is 4.40. The minimum Gasteiger partial charge on any atom is -0.357 e. The Balaban J connectivity index is 1.79. The van der Waals surface area contributed by atoms with Crippen LogP contribution in [0.4, 0.5) is 0 Å². The molecule has 0 saturated carbocycles. The van der Waals surface area contributed by atoms with Crippen LogP contribution in [0.1, 0.15) is 18.4 Å². The van der Waals surface area contributed by atoms with Crippen LogP contribution in [-0.4, -0.2) is 23.6 Å². The van der Waals surface area contributed by atoms with Gasteiger partial charge in [-0.15, -0.1) is 0 Å². The molecule has 0 fully saturated rings. The Morgan fingerprint density at radius 3 is 2.82 bits per heavy atom. The Kier molecular flexibility index (Phi) is 3.85. The Hall–Kier alpha value is -1.71. The van der Waals surface area contributed by atoms with E-state index in [1.807, 2.05) is 24.9 Å². The van der Waals surface area contributed by atoms with E-state index in [1.54, 1.807) is 0 Å². The maximum Gasteiger partial charge on any atom is 0.191 e. The first-order valence-electron chi connectivity index (χ1n) is 6.01. The fourth-order valence-electron chi connectivity index (χ4n) is 1.97. The second kappa shape index (κ2) is 5.57. The Labute approximate surface area is 102 Å². The first-order chi connectivity index (χ1) is 8.28. The van der Waals surface area contributed by atoms with E-state index in [9.17, 15) is 0 Å². The van der Waals surface area contributed by atoms with Gasteiger partial charge in [-0.1, -0.05) is 12.2 Å². The molecule has 92 valence electrons. The molecule has 0 saturated heterocycles. The zero-order valence-corrected chi connectivity index (χ0v) is 10.5. The molecule has 0 bridgehead atoms. The van der Waals surface area contributed by atoms with Crippen LogP contribution in [0, 0.1) is 0 Å². The predicted molar refractivity (Wildman–Crippen MR) is 70.9 cm³/mol. The van der Waals surface area contributed by atoms with Gasteiger partial charge in [-0.2, -0.15) is 0 Å². The van der Waals surface area contributed by atoms with E-state index in [1.165, 1.54) is 5.56 Å². The van der Waals surface area contributed by atoms with E-state index in [4.69, 9.17) is 0 Å². The third kappa shape index (κ3) is 3.37. The average Bonchev–Trinajstić information content (AvgIpc) is 2.96. The van der Waals surface area contributed by atoms with Gasteiger partial charge in [0.05, 0.1) is 0 Å². The van der Waals surface area contributed by atoms with Crippen molar-refractivity contribution in [2.24, 2.45) is 12.0 Å². The summed E-state index contributed by atoms with van der Waals surface area (Å²) in [5.41, 5.74) is 1.26. The normalized spacial score (nSPS) is 16.5. The van der Waals surface area contributed by atoms with E-state index >= 15 is 0 Å². The van der Waals surface area contributed by atoms with E-state index in [0.29, 0.717) is 6.04 Å². The van der Waals surface area contributed by atoms with Crippen LogP contribution in [-0.2, 0) is 13.6 Å². The lowest BCUT2D eigenvalue weighted by molar-refractivity contribution is 0.633. The van der Waals surface area contributed by atoms with Crippen molar-refractivity contribution in [2.75, 3.05) is 7.05 Å². The third-order valence-corrected chi connectivity index (χ3v) is 2.93. The van der Waals surface area contributed by atoms with E-state index in [-0.39, 0.29) is 0 Å². The van der Waals surface area contributed by atoms with Gasteiger partial charge in [0.1, 0.15) is 0 Å². The monoisotopic (exact) mass is 232 g/mol. The van der Waals surface area contributed by atoms with E-state index in [2.05, 4.69) is 40.0 Å². The minimum atomic E-state index is 0.497. The zero-order valence-electron chi connectivity index (χ0n) is 10.5. The molecule has 1 heterocycles. The van der Waals surface area contributed by atoms with Crippen molar-refractivity contribution in [2.45, 2.75) is 25.4 Å². The van der Waals surface area contributed by atoms with E-state index < -0.39 is 0 Å². The molecule has 4 nitrogen and oxygen atoms in total. The van der Waals surface area contributed by atoms with Gasteiger partial charge in [-0.3, -0.25) is 4.99 Å². The van der Waals surface area contributed by atoms with Gasteiger partial charge >= 0.3 is 0 Å². The van der Waals surface area contributed by atoms with Crippen molar-refractivity contribution in [1.82, 2.24) is 15.2 Å². The van der Waals surface area contributed by atoms with Crippen molar-refractivity contribution in [3.8, 4) is 0 Å². The lowest BCUT2D eigenvalue weighted by atomic mass is 10.2. The third-order valence-electron chi connectivity index (χ3n) is 2.93. The summed E-state index contributed by atoms with van der Waals surface area (Å²) in [4.78, 5) is 4.23. The average molecular weight is 232 g/mol. The number of hydrogen-bond donors (Lipinski definition) is 2. The summed E-state index contributed by atoms with van der Waals surface area (Å²) in [6.45, 7) is 0.806. The molecule has 17 heavy (non-hydrogen) atoms. The van der Waals surface area contributed by atoms with Gasteiger partial charge in [0.25, 0.3) is 0 Å². The molecular weight excluding hydrogens is 212 g/mol. The number of nitrogens with one attached hydrogen (secondary N) is 2. The SMILES string of the molecule is CN=C(NCc1ccn(C)c1)NC1CC=CC1. The molecule has 4 heteroatoms. The highest BCUT2D eigenvalue weighted by Gasteiger charge is 2.11. The van der Waals surface area contributed by atoms with Gasteiger partial charge in [0, 0.05) is 39.1 Å². The Morgan fingerprint density at radius 2 is 2.24 bits per heavy atom. The molecule has 0 radical (unpaired) electrons. The molecule has 0 atom stereocenters. The number of aryl methyl sites for hydroxylation is 1. The van der Waals surface area contributed by atoms with Gasteiger partial charge < -0.3 is 15.2 Å². The number of guanidine groups is 1. The van der Waals surface area contributed by atoms with Crippen LogP contribution < -0.4 is 10.6 Å². The van der Waals surface area contributed by atoms with Crippen LogP contribution in [0.2, 0.25) is 0 Å². The molecule has 0 amide bonds. The van der Waals surface area contributed by atoms with Crippen LogP contribution in [0.5, 0.6) is 0 Å². The largest absolute Gasteiger partial charge is 0.357 e. The molecule has 1 aliphatic carbocycles. The lowest BCUT2D eigenvalue weighted by Gasteiger charge is -2.16. The molecule has 2 rings (SSSR count). The maximum absolute atomic E-state index is 4.23. The fraction of sp³-hybridized carbons (Fsp3) is 0.462. The van der Waals surface area contributed by atoms with Gasteiger partial charge in [-0.25, -0.2) is 0 Å². The van der Waals surface area contributed by atoms with E-state index in [0.717, 1.165) is 25.3 Å². The molecule has 1 aliphatic rings. The first kappa shape index (κ1) is 11.8. The van der Waals surface area contributed by atoms with Crippen molar-refractivity contribution in [3.05, 3.63) is 36.2 Å². The van der Waals surface area contributed by atoms with Gasteiger partial charge in [0.2, 0.25) is 0 Å². The lowest BCUT2D eigenvalue weighted by Crippen LogP contribution is -2.42. The van der Waals surface area contributed by atoms with Crippen LogP contribution in [0.15, 0.2) is 35.6 Å². The Morgan fingerprint density at radius 1 is 1.47 bits per heavy atom. The molecule has 0 aromatic carbocycles. The molecular formula is C13H20N4. The molecule has 0 unspecified atom stereocenters. The maximum atomic E-state index is 4.23.